The Kier molecular flexibility index (Phi) is 4.48. The summed E-state index contributed by atoms with van der Waals surface area (Å²) >= 11 is 0. The number of benzene rings is 2. The molecule has 1 amide bonds. The molecule has 8 nitrogen and oxygen atoms in total. The molecule has 0 radical (unpaired) electrons. The molecule has 0 saturated heterocycles. The van der Waals surface area contributed by atoms with Crippen LogP contribution in [0.2, 0.25) is 0 Å². The van der Waals surface area contributed by atoms with Crippen molar-refractivity contribution < 1.29 is 14.7 Å². The highest BCUT2D eigenvalue weighted by Gasteiger charge is 2.14. The van der Waals surface area contributed by atoms with Gasteiger partial charge in [-0.05, 0) is 30.3 Å². The number of carbonyl (C=O) groups is 2. The molecule has 1 heterocycles. The van der Waals surface area contributed by atoms with E-state index in [1.54, 1.807) is 42.5 Å². The quantitative estimate of drug-likeness (QED) is 0.553. The maximum Gasteiger partial charge on any atom is 0.336 e. The van der Waals surface area contributed by atoms with Crippen molar-refractivity contribution in [3.63, 3.8) is 0 Å². The Labute approximate surface area is 148 Å². The summed E-state index contributed by atoms with van der Waals surface area (Å²) in [6, 6.07) is 13.0. The minimum atomic E-state index is -1.06. The molecule has 3 aromatic rings. The number of hydrogen-bond acceptors (Lipinski definition) is 6. The van der Waals surface area contributed by atoms with Crippen molar-refractivity contribution in [2.45, 2.75) is 0 Å². The summed E-state index contributed by atoms with van der Waals surface area (Å²) in [5.74, 6) is -1.19. The number of carbonyl (C=O) groups excluding carboxylic acids is 1. The summed E-state index contributed by atoms with van der Waals surface area (Å²) in [6.07, 6.45) is 1.46. The minimum Gasteiger partial charge on any atom is -0.478 e. The SMILES string of the molecule is NC(=O)c1ccc(Nc2ncc(-c3ccccc3C(=O)O)c(N)n2)cc1. The molecule has 26 heavy (non-hydrogen) atoms. The van der Waals surface area contributed by atoms with Gasteiger partial charge in [0.1, 0.15) is 5.82 Å². The predicted molar refractivity (Wildman–Crippen MR) is 97.1 cm³/mol. The molecule has 0 unspecified atom stereocenters. The highest BCUT2D eigenvalue weighted by Crippen LogP contribution is 2.28. The third-order valence-electron chi connectivity index (χ3n) is 3.69. The first kappa shape index (κ1) is 16.9. The number of amides is 1. The van der Waals surface area contributed by atoms with E-state index >= 15 is 0 Å². The van der Waals surface area contributed by atoms with Gasteiger partial charge in [-0.15, -0.1) is 0 Å². The summed E-state index contributed by atoms with van der Waals surface area (Å²) in [6.45, 7) is 0. The topological polar surface area (TPSA) is 144 Å². The number of nitrogen functional groups attached to an aromatic ring is 1. The van der Waals surface area contributed by atoms with Gasteiger partial charge in [0.25, 0.3) is 0 Å². The number of nitrogens with two attached hydrogens (primary N) is 2. The maximum absolute atomic E-state index is 11.4. The number of carboxylic acid groups (broad SMARTS) is 1. The molecule has 0 atom stereocenters. The van der Waals surface area contributed by atoms with Crippen molar-refractivity contribution in [3.8, 4) is 11.1 Å². The van der Waals surface area contributed by atoms with Gasteiger partial charge in [0.2, 0.25) is 11.9 Å². The fourth-order valence-corrected chi connectivity index (χ4v) is 2.41. The number of hydrogen-bond donors (Lipinski definition) is 4. The van der Waals surface area contributed by atoms with Gasteiger partial charge >= 0.3 is 5.97 Å². The molecule has 0 fully saturated rings. The van der Waals surface area contributed by atoms with Gasteiger partial charge in [0.15, 0.2) is 0 Å². The number of anilines is 3. The van der Waals surface area contributed by atoms with Gasteiger partial charge in [-0.25, -0.2) is 9.78 Å². The van der Waals surface area contributed by atoms with Crippen molar-refractivity contribution in [3.05, 3.63) is 65.9 Å². The summed E-state index contributed by atoms with van der Waals surface area (Å²) < 4.78 is 0. The van der Waals surface area contributed by atoms with Crippen molar-refractivity contribution in [1.82, 2.24) is 9.97 Å². The first-order valence-electron chi connectivity index (χ1n) is 7.58. The average Bonchev–Trinajstić information content (AvgIpc) is 2.62. The second-order valence-corrected chi connectivity index (χ2v) is 5.41. The first-order chi connectivity index (χ1) is 12.5. The highest BCUT2D eigenvalue weighted by atomic mass is 16.4. The fraction of sp³-hybridized carbons (Fsp3) is 0. The van der Waals surface area contributed by atoms with E-state index in [4.69, 9.17) is 11.5 Å². The lowest BCUT2D eigenvalue weighted by molar-refractivity contribution is 0.0697. The van der Waals surface area contributed by atoms with Gasteiger partial charge in [0.05, 0.1) is 5.56 Å². The molecular formula is C18H15N5O3. The third-order valence-corrected chi connectivity index (χ3v) is 3.69. The Bertz CT molecular complexity index is 986. The summed E-state index contributed by atoms with van der Waals surface area (Å²) in [5.41, 5.74) is 13.2. The Morgan fingerprint density at radius 1 is 1.00 bits per heavy atom. The maximum atomic E-state index is 11.4. The van der Waals surface area contributed by atoms with Crippen LogP contribution in [-0.2, 0) is 0 Å². The highest BCUT2D eigenvalue weighted by molar-refractivity contribution is 5.97. The molecule has 6 N–H and O–H groups in total. The van der Waals surface area contributed by atoms with E-state index in [2.05, 4.69) is 15.3 Å². The summed E-state index contributed by atoms with van der Waals surface area (Å²) in [5, 5.41) is 12.3. The van der Waals surface area contributed by atoms with E-state index in [0.717, 1.165) is 0 Å². The molecule has 3 rings (SSSR count). The van der Waals surface area contributed by atoms with Gasteiger partial charge in [-0.3, -0.25) is 4.79 Å². The van der Waals surface area contributed by atoms with Crippen LogP contribution in [0.4, 0.5) is 17.5 Å². The standard InChI is InChI=1S/C18H15N5O3/c19-15-14(12-3-1-2-4-13(12)17(25)26)9-21-18(23-15)22-11-7-5-10(6-8-11)16(20)24/h1-9H,(H2,20,24)(H,25,26)(H3,19,21,22,23). The van der Waals surface area contributed by atoms with E-state index < -0.39 is 11.9 Å². The monoisotopic (exact) mass is 349 g/mol. The summed E-state index contributed by atoms with van der Waals surface area (Å²) in [7, 11) is 0. The molecule has 1 aromatic heterocycles. The number of nitrogens with one attached hydrogen (secondary N) is 1. The van der Waals surface area contributed by atoms with Crippen LogP contribution < -0.4 is 16.8 Å². The van der Waals surface area contributed by atoms with E-state index in [0.29, 0.717) is 22.4 Å². The van der Waals surface area contributed by atoms with E-state index in [1.807, 2.05) is 0 Å². The van der Waals surface area contributed by atoms with Crippen LogP contribution in [0.1, 0.15) is 20.7 Å². The van der Waals surface area contributed by atoms with Gasteiger partial charge in [-0.2, -0.15) is 4.98 Å². The summed E-state index contributed by atoms with van der Waals surface area (Å²) in [4.78, 5) is 30.8. The zero-order valence-corrected chi connectivity index (χ0v) is 13.5. The third kappa shape index (κ3) is 3.44. The van der Waals surface area contributed by atoms with Gasteiger partial charge in [0, 0.05) is 28.6 Å². The Balaban J connectivity index is 1.88. The first-order valence-corrected chi connectivity index (χ1v) is 7.58. The zero-order valence-electron chi connectivity index (χ0n) is 13.5. The van der Waals surface area contributed by atoms with Crippen LogP contribution in [0.25, 0.3) is 11.1 Å². The fourth-order valence-electron chi connectivity index (χ4n) is 2.41. The number of aromatic carboxylic acids is 1. The Morgan fingerprint density at radius 2 is 1.69 bits per heavy atom. The van der Waals surface area contributed by atoms with Crippen LogP contribution in [-0.4, -0.2) is 27.0 Å². The van der Waals surface area contributed by atoms with Crippen molar-refractivity contribution in [2.75, 3.05) is 11.1 Å². The lowest BCUT2D eigenvalue weighted by Gasteiger charge is -2.10. The Hall–Kier alpha value is -3.94. The van der Waals surface area contributed by atoms with Crippen molar-refractivity contribution in [2.24, 2.45) is 5.73 Å². The second kappa shape index (κ2) is 6.89. The van der Waals surface area contributed by atoms with Gasteiger partial charge < -0.3 is 21.9 Å². The van der Waals surface area contributed by atoms with E-state index in [9.17, 15) is 14.7 Å². The molecule has 0 bridgehead atoms. The lowest BCUT2D eigenvalue weighted by atomic mass is 10.0. The zero-order chi connectivity index (χ0) is 18.7. The largest absolute Gasteiger partial charge is 0.478 e. The number of carboxylic acids is 1. The molecule has 0 aliphatic heterocycles. The number of rotatable bonds is 5. The number of nitrogens with zero attached hydrogens (tertiary/aromatic N) is 2. The molecule has 0 saturated carbocycles. The minimum absolute atomic E-state index is 0.116. The molecule has 0 spiro atoms. The van der Waals surface area contributed by atoms with Crippen LogP contribution in [0.15, 0.2) is 54.7 Å². The van der Waals surface area contributed by atoms with Gasteiger partial charge in [-0.1, -0.05) is 18.2 Å². The average molecular weight is 349 g/mol. The van der Waals surface area contributed by atoms with Crippen molar-refractivity contribution in [1.29, 1.82) is 0 Å². The molecule has 0 aliphatic carbocycles. The smallest absolute Gasteiger partial charge is 0.336 e. The molecule has 0 aliphatic rings. The normalized spacial score (nSPS) is 10.3. The van der Waals surface area contributed by atoms with Crippen LogP contribution in [0.3, 0.4) is 0 Å². The lowest BCUT2D eigenvalue weighted by Crippen LogP contribution is -2.10. The predicted octanol–water partition coefficient (Wildman–Crippen LogP) is 2.27. The second-order valence-electron chi connectivity index (χ2n) is 5.41. The van der Waals surface area contributed by atoms with Crippen LogP contribution >= 0.6 is 0 Å². The molecular weight excluding hydrogens is 334 g/mol. The Morgan fingerprint density at radius 3 is 2.31 bits per heavy atom. The van der Waals surface area contributed by atoms with Crippen molar-refractivity contribution >= 4 is 29.3 Å². The molecule has 2 aromatic carbocycles. The molecule has 8 heteroatoms. The number of primary amides is 1. The van der Waals surface area contributed by atoms with E-state index in [-0.39, 0.29) is 17.3 Å². The van der Waals surface area contributed by atoms with E-state index in [1.165, 1.54) is 12.3 Å². The van der Waals surface area contributed by atoms with Crippen LogP contribution in [0, 0.1) is 0 Å². The molecule has 130 valence electrons. The van der Waals surface area contributed by atoms with Crippen LogP contribution in [0.5, 0.6) is 0 Å². The number of aromatic nitrogens is 2.